The van der Waals surface area contributed by atoms with Gasteiger partial charge in [-0.1, -0.05) is 0 Å². The molecule has 1 unspecified atom stereocenters. The van der Waals surface area contributed by atoms with Crippen LogP contribution in [0.1, 0.15) is 18.6 Å². The van der Waals surface area contributed by atoms with Crippen LogP contribution in [0, 0.1) is 0 Å². The van der Waals surface area contributed by atoms with E-state index in [4.69, 9.17) is 10.5 Å². The zero-order valence-electron chi connectivity index (χ0n) is 7.60. The second kappa shape index (κ2) is 4.79. The number of ether oxygens (including phenoxy) is 1. The van der Waals surface area contributed by atoms with Crippen molar-refractivity contribution in [3.05, 3.63) is 23.9 Å². The maximum Gasteiger partial charge on any atom is 0.219 e. The first-order valence-corrected chi connectivity index (χ1v) is 4.25. The minimum atomic E-state index is -0.699. The summed E-state index contributed by atoms with van der Waals surface area (Å²) in [6.07, 6.45) is 0.924. The number of aliphatic hydroxyl groups excluding tert-OH is 1. The Hall–Kier alpha value is -1.13. The Kier molecular flexibility index (Phi) is 3.67. The normalized spacial score (nSPS) is 12.5. The zero-order valence-corrected chi connectivity index (χ0v) is 7.60. The molecule has 0 aromatic carbocycles. The van der Waals surface area contributed by atoms with E-state index < -0.39 is 6.10 Å². The fourth-order valence-electron chi connectivity index (χ4n) is 1.04. The van der Waals surface area contributed by atoms with Gasteiger partial charge in [0.15, 0.2) is 0 Å². The third-order valence-electron chi connectivity index (χ3n) is 1.66. The molecule has 0 aliphatic rings. The standard InChI is InChI=1S/C9H14N2O2/c1-2-13-9-7(8(12)6-10)4-3-5-11-9/h3-5,8,12H,2,6,10H2,1H3. The smallest absolute Gasteiger partial charge is 0.219 e. The molecule has 0 spiro atoms. The minimum absolute atomic E-state index is 0.172. The van der Waals surface area contributed by atoms with Gasteiger partial charge >= 0.3 is 0 Å². The highest BCUT2D eigenvalue weighted by atomic mass is 16.5. The van der Waals surface area contributed by atoms with Crippen molar-refractivity contribution in [2.45, 2.75) is 13.0 Å². The van der Waals surface area contributed by atoms with Crippen molar-refractivity contribution in [1.82, 2.24) is 4.98 Å². The third-order valence-corrected chi connectivity index (χ3v) is 1.66. The number of nitrogens with zero attached hydrogens (tertiary/aromatic N) is 1. The monoisotopic (exact) mass is 182 g/mol. The van der Waals surface area contributed by atoms with Crippen LogP contribution in [0.2, 0.25) is 0 Å². The van der Waals surface area contributed by atoms with Crippen LogP contribution < -0.4 is 10.5 Å². The van der Waals surface area contributed by atoms with Gasteiger partial charge < -0.3 is 15.6 Å². The second-order valence-electron chi connectivity index (χ2n) is 2.58. The summed E-state index contributed by atoms with van der Waals surface area (Å²) in [6.45, 7) is 2.57. The number of hydrogen-bond donors (Lipinski definition) is 2. The molecule has 4 heteroatoms. The number of nitrogens with two attached hydrogens (primary N) is 1. The van der Waals surface area contributed by atoms with Gasteiger partial charge in [0.2, 0.25) is 5.88 Å². The molecule has 4 nitrogen and oxygen atoms in total. The van der Waals surface area contributed by atoms with Gasteiger partial charge in [-0.25, -0.2) is 4.98 Å². The summed E-state index contributed by atoms with van der Waals surface area (Å²) < 4.78 is 5.23. The van der Waals surface area contributed by atoms with Gasteiger partial charge in [0, 0.05) is 18.3 Å². The highest BCUT2D eigenvalue weighted by Crippen LogP contribution is 2.21. The Labute approximate surface area is 77.4 Å². The van der Waals surface area contributed by atoms with Crippen LogP contribution in [0.25, 0.3) is 0 Å². The molecule has 1 atom stereocenters. The van der Waals surface area contributed by atoms with Gasteiger partial charge in [-0.15, -0.1) is 0 Å². The lowest BCUT2D eigenvalue weighted by molar-refractivity contribution is 0.178. The Morgan fingerprint density at radius 2 is 2.46 bits per heavy atom. The van der Waals surface area contributed by atoms with E-state index >= 15 is 0 Å². The van der Waals surface area contributed by atoms with E-state index in [2.05, 4.69) is 4.98 Å². The third kappa shape index (κ3) is 2.40. The van der Waals surface area contributed by atoms with Crippen molar-refractivity contribution < 1.29 is 9.84 Å². The summed E-state index contributed by atoms with van der Waals surface area (Å²) in [5, 5.41) is 9.49. The molecule has 0 amide bonds. The van der Waals surface area contributed by atoms with Crippen LogP contribution in [0.5, 0.6) is 5.88 Å². The molecule has 1 rings (SSSR count). The number of pyridine rings is 1. The second-order valence-corrected chi connectivity index (χ2v) is 2.58. The average Bonchev–Trinajstić information content (AvgIpc) is 2.18. The number of hydrogen-bond acceptors (Lipinski definition) is 4. The summed E-state index contributed by atoms with van der Waals surface area (Å²) in [7, 11) is 0. The highest BCUT2D eigenvalue weighted by molar-refractivity contribution is 5.27. The molecule has 0 aliphatic carbocycles. The van der Waals surface area contributed by atoms with Crippen LogP contribution in [-0.2, 0) is 0 Å². The lowest BCUT2D eigenvalue weighted by Crippen LogP contribution is -2.13. The van der Waals surface area contributed by atoms with Crippen LogP contribution >= 0.6 is 0 Å². The Morgan fingerprint density at radius 1 is 1.69 bits per heavy atom. The van der Waals surface area contributed by atoms with Crippen molar-refractivity contribution in [2.24, 2.45) is 5.73 Å². The van der Waals surface area contributed by atoms with E-state index in [9.17, 15) is 5.11 Å². The van der Waals surface area contributed by atoms with Gasteiger partial charge in [-0.05, 0) is 19.1 Å². The molecule has 0 saturated carbocycles. The van der Waals surface area contributed by atoms with Gasteiger partial charge in [-0.2, -0.15) is 0 Å². The summed E-state index contributed by atoms with van der Waals surface area (Å²) >= 11 is 0. The predicted octanol–water partition coefficient (Wildman–Crippen LogP) is 0.472. The molecule has 3 N–H and O–H groups in total. The fraction of sp³-hybridized carbons (Fsp3) is 0.444. The van der Waals surface area contributed by atoms with E-state index in [1.807, 2.05) is 6.92 Å². The molecule has 0 fully saturated rings. The molecule has 1 heterocycles. The summed E-state index contributed by atoms with van der Waals surface area (Å²) in [6, 6.07) is 3.51. The summed E-state index contributed by atoms with van der Waals surface area (Å²) in [5.41, 5.74) is 5.98. The van der Waals surface area contributed by atoms with Crippen molar-refractivity contribution in [3.8, 4) is 5.88 Å². The van der Waals surface area contributed by atoms with E-state index in [1.54, 1.807) is 18.3 Å². The number of rotatable bonds is 4. The molecule has 0 bridgehead atoms. The van der Waals surface area contributed by atoms with Gasteiger partial charge in [0.25, 0.3) is 0 Å². The first-order chi connectivity index (χ1) is 6.29. The van der Waals surface area contributed by atoms with E-state index in [-0.39, 0.29) is 6.54 Å². The maximum atomic E-state index is 9.49. The SMILES string of the molecule is CCOc1ncccc1C(O)CN. The van der Waals surface area contributed by atoms with E-state index in [0.717, 1.165) is 0 Å². The van der Waals surface area contributed by atoms with Gasteiger partial charge in [-0.3, -0.25) is 0 Å². The Balaban J connectivity index is 2.90. The summed E-state index contributed by atoms with van der Waals surface area (Å²) in [5.74, 6) is 0.461. The molecule has 1 aromatic heterocycles. The van der Waals surface area contributed by atoms with Crippen LogP contribution in [0.15, 0.2) is 18.3 Å². The van der Waals surface area contributed by atoms with Crippen molar-refractivity contribution in [1.29, 1.82) is 0 Å². The topological polar surface area (TPSA) is 68.4 Å². The lowest BCUT2D eigenvalue weighted by atomic mass is 10.1. The average molecular weight is 182 g/mol. The zero-order chi connectivity index (χ0) is 9.68. The quantitative estimate of drug-likeness (QED) is 0.710. The molecule has 13 heavy (non-hydrogen) atoms. The molecule has 0 radical (unpaired) electrons. The Bertz CT molecular complexity index is 266. The van der Waals surface area contributed by atoms with Crippen LogP contribution in [-0.4, -0.2) is 23.2 Å². The van der Waals surface area contributed by atoms with Crippen LogP contribution in [0.3, 0.4) is 0 Å². The molecule has 0 aliphatic heterocycles. The number of aromatic nitrogens is 1. The molecule has 72 valence electrons. The first kappa shape index (κ1) is 9.95. The maximum absolute atomic E-state index is 9.49. The van der Waals surface area contributed by atoms with E-state index in [1.165, 1.54) is 0 Å². The van der Waals surface area contributed by atoms with Crippen LogP contribution in [0.4, 0.5) is 0 Å². The molecular formula is C9H14N2O2. The first-order valence-electron chi connectivity index (χ1n) is 4.25. The minimum Gasteiger partial charge on any atom is -0.478 e. The van der Waals surface area contributed by atoms with Crippen molar-refractivity contribution >= 4 is 0 Å². The number of aliphatic hydroxyl groups is 1. The fourth-order valence-corrected chi connectivity index (χ4v) is 1.04. The Morgan fingerprint density at radius 3 is 3.08 bits per heavy atom. The van der Waals surface area contributed by atoms with E-state index in [0.29, 0.717) is 18.1 Å². The predicted molar refractivity (Wildman–Crippen MR) is 49.4 cm³/mol. The van der Waals surface area contributed by atoms with Crippen molar-refractivity contribution in [2.75, 3.05) is 13.2 Å². The molecular weight excluding hydrogens is 168 g/mol. The summed E-state index contributed by atoms with van der Waals surface area (Å²) in [4.78, 5) is 4.00. The van der Waals surface area contributed by atoms with Crippen molar-refractivity contribution in [3.63, 3.8) is 0 Å². The largest absolute Gasteiger partial charge is 0.478 e. The van der Waals surface area contributed by atoms with Gasteiger partial charge in [0.1, 0.15) is 0 Å². The molecule has 0 saturated heterocycles. The molecule has 1 aromatic rings. The lowest BCUT2D eigenvalue weighted by Gasteiger charge is -2.12. The highest BCUT2D eigenvalue weighted by Gasteiger charge is 2.11. The van der Waals surface area contributed by atoms with Gasteiger partial charge in [0.05, 0.1) is 12.7 Å².